The summed E-state index contributed by atoms with van der Waals surface area (Å²) in [5, 5.41) is 8.30. The Balaban J connectivity index is 1.21. The molecular formula is C29H26BrN5O. The van der Waals surface area contributed by atoms with Crippen LogP contribution < -0.4 is 0 Å². The molecule has 2 aliphatic rings. The van der Waals surface area contributed by atoms with Crippen molar-refractivity contribution < 1.29 is 4.79 Å². The van der Waals surface area contributed by atoms with Crippen LogP contribution in [0.5, 0.6) is 0 Å². The molecule has 2 aromatic heterocycles. The highest BCUT2D eigenvalue weighted by Gasteiger charge is 2.36. The second-order valence-corrected chi connectivity index (χ2v) is 11.1. The first-order valence-corrected chi connectivity index (χ1v) is 13.4. The predicted molar refractivity (Wildman–Crippen MR) is 145 cm³/mol. The number of aromatic nitrogens is 4. The van der Waals surface area contributed by atoms with E-state index >= 15 is 0 Å². The Hall–Kier alpha value is -3.45. The highest BCUT2D eigenvalue weighted by molar-refractivity contribution is 9.10. The summed E-state index contributed by atoms with van der Waals surface area (Å²) in [5.41, 5.74) is 6.56. The number of carbonyl (C=O) groups is 1. The van der Waals surface area contributed by atoms with Gasteiger partial charge in [-0.05, 0) is 60.6 Å². The summed E-state index contributed by atoms with van der Waals surface area (Å²) in [7, 11) is 0. The number of rotatable bonds is 5. The van der Waals surface area contributed by atoms with Gasteiger partial charge in [0.25, 0.3) is 0 Å². The molecule has 3 heterocycles. The minimum atomic E-state index is 0.289. The molecule has 5 aromatic rings. The molecule has 180 valence electrons. The van der Waals surface area contributed by atoms with Gasteiger partial charge in [-0.2, -0.15) is 5.10 Å². The summed E-state index contributed by atoms with van der Waals surface area (Å²) in [4.78, 5) is 19.7. The number of amides is 1. The number of nitrogens with zero attached hydrogens (tertiary/aromatic N) is 4. The molecule has 1 amide bonds. The Labute approximate surface area is 217 Å². The maximum atomic E-state index is 12.6. The molecule has 36 heavy (non-hydrogen) atoms. The van der Waals surface area contributed by atoms with Crippen LogP contribution in [0.25, 0.3) is 44.5 Å². The van der Waals surface area contributed by atoms with Gasteiger partial charge in [0.2, 0.25) is 5.91 Å². The largest absolute Gasteiger partial charge is 0.342 e. The van der Waals surface area contributed by atoms with Crippen molar-refractivity contribution in [2.24, 2.45) is 11.8 Å². The van der Waals surface area contributed by atoms with Crippen molar-refractivity contribution in [3.8, 4) is 22.5 Å². The average molecular weight is 540 g/mol. The molecule has 3 aromatic carbocycles. The average Bonchev–Trinajstić information content (AvgIpc) is 3.30. The lowest BCUT2D eigenvalue weighted by Crippen LogP contribution is -2.30. The minimum absolute atomic E-state index is 0.289. The van der Waals surface area contributed by atoms with Crippen molar-refractivity contribution in [2.75, 3.05) is 13.1 Å². The fourth-order valence-corrected chi connectivity index (χ4v) is 5.81. The van der Waals surface area contributed by atoms with Crippen molar-refractivity contribution in [3.63, 3.8) is 0 Å². The van der Waals surface area contributed by atoms with E-state index in [1.165, 1.54) is 0 Å². The Morgan fingerprint density at radius 1 is 0.972 bits per heavy atom. The number of benzene rings is 3. The summed E-state index contributed by atoms with van der Waals surface area (Å²) < 4.78 is 3.39. The van der Waals surface area contributed by atoms with Gasteiger partial charge in [-0.1, -0.05) is 52.3 Å². The van der Waals surface area contributed by atoms with Crippen molar-refractivity contribution in [1.29, 1.82) is 0 Å². The summed E-state index contributed by atoms with van der Waals surface area (Å²) >= 11 is 3.64. The Kier molecular flexibility index (Phi) is 5.20. The van der Waals surface area contributed by atoms with E-state index in [-0.39, 0.29) is 5.92 Å². The van der Waals surface area contributed by atoms with Gasteiger partial charge in [0, 0.05) is 41.0 Å². The van der Waals surface area contributed by atoms with Crippen LogP contribution >= 0.6 is 15.9 Å². The first-order chi connectivity index (χ1) is 17.6. The maximum Gasteiger partial charge on any atom is 0.225 e. The van der Waals surface area contributed by atoms with Gasteiger partial charge >= 0.3 is 0 Å². The SMILES string of the molecule is O=C(C1CC1)N1CC[C@@H](Cn2c(-c3ccc(-c4ccc5cn[nH]c5c4)cc3)nc3ccc(Br)cc32)C1. The van der Waals surface area contributed by atoms with Crippen LogP contribution in [0.4, 0.5) is 0 Å². The number of likely N-dealkylation sites (tertiary alicyclic amines) is 1. The van der Waals surface area contributed by atoms with Crippen molar-refractivity contribution in [3.05, 3.63) is 71.3 Å². The molecule has 6 nitrogen and oxygen atoms in total. The standard InChI is InChI=1S/C29H26BrN5O/c30-24-9-10-25-27(14-24)35(17-18-11-12-34(16-18)29(36)21-5-6-21)28(32-25)20-3-1-19(2-4-20)22-7-8-23-15-31-33-26(23)13-22/h1-4,7-10,13-15,18,21H,5-6,11-12,16-17H2,(H,31,33)/t18-/m1/s1. The first-order valence-electron chi connectivity index (χ1n) is 12.6. The molecule has 1 saturated heterocycles. The third-order valence-corrected chi connectivity index (χ3v) is 8.09. The molecule has 0 radical (unpaired) electrons. The van der Waals surface area contributed by atoms with Gasteiger partial charge in [-0.25, -0.2) is 4.98 Å². The Morgan fingerprint density at radius 2 is 1.78 bits per heavy atom. The Morgan fingerprint density at radius 3 is 2.61 bits per heavy atom. The molecule has 1 saturated carbocycles. The summed E-state index contributed by atoms with van der Waals surface area (Å²) in [6.07, 6.45) is 5.02. The molecule has 7 heteroatoms. The predicted octanol–water partition coefficient (Wildman–Crippen LogP) is 6.27. The zero-order valence-corrected chi connectivity index (χ0v) is 21.4. The lowest BCUT2D eigenvalue weighted by atomic mass is 10.0. The molecule has 2 fully saturated rings. The van der Waals surface area contributed by atoms with E-state index in [4.69, 9.17) is 4.98 Å². The maximum absolute atomic E-state index is 12.6. The summed E-state index contributed by atoms with van der Waals surface area (Å²) in [6.45, 7) is 2.58. The van der Waals surface area contributed by atoms with Gasteiger partial charge in [-0.3, -0.25) is 9.89 Å². The number of hydrogen-bond acceptors (Lipinski definition) is 3. The topological polar surface area (TPSA) is 66.8 Å². The highest BCUT2D eigenvalue weighted by Crippen LogP contribution is 2.35. The number of imidazole rings is 1. The van der Waals surface area contributed by atoms with Crippen LogP contribution in [-0.4, -0.2) is 43.6 Å². The second-order valence-electron chi connectivity index (χ2n) is 10.1. The first kappa shape index (κ1) is 21.8. The third kappa shape index (κ3) is 3.91. The number of halogens is 1. The quantitative estimate of drug-likeness (QED) is 0.286. The third-order valence-electron chi connectivity index (χ3n) is 7.59. The molecule has 0 unspecified atom stereocenters. The van der Waals surface area contributed by atoms with Gasteiger partial charge in [0.05, 0.1) is 22.7 Å². The van der Waals surface area contributed by atoms with E-state index < -0.39 is 0 Å². The van der Waals surface area contributed by atoms with Crippen LogP contribution in [0, 0.1) is 11.8 Å². The lowest BCUT2D eigenvalue weighted by molar-refractivity contribution is -0.131. The summed E-state index contributed by atoms with van der Waals surface area (Å²) in [6, 6.07) is 21.3. The number of fused-ring (bicyclic) bond motifs is 2. The van der Waals surface area contributed by atoms with E-state index in [1.54, 1.807) is 0 Å². The smallest absolute Gasteiger partial charge is 0.225 e. The highest BCUT2D eigenvalue weighted by atomic mass is 79.9. The van der Waals surface area contributed by atoms with Crippen LogP contribution in [0.1, 0.15) is 19.3 Å². The summed E-state index contributed by atoms with van der Waals surface area (Å²) in [5.74, 6) is 2.06. The van der Waals surface area contributed by atoms with Gasteiger partial charge < -0.3 is 9.47 Å². The van der Waals surface area contributed by atoms with Crippen molar-refractivity contribution >= 4 is 43.8 Å². The zero-order valence-electron chi connectivity index (χ0n) is 19.8. The number of nitrogens with one attached hydrogen (secondary N) is 1. The second kappa shape index (κ2) is 8.59. The lowest BCUT2D eigenvalue weighted by Gasteiger charge is -2.18. The van der Waals surface area contributed by atoms with Gasteiger partial charge in [0.15, 0.2) is 0 Å². The number of carbonyl (C=O) groups excluding carboxylic acids is 1. The molecule has 1 aliphatic heterocycles. The number of H-pyrrole nitrogens is 1. The zero-order chi connectivity index (χ0) is 24.2. The van der Waals surface area contributed by atoms with E-state index in [1.807, 2.05) is 12.3 Å². The molecule has 1 N–H and O–H groups in total. The fraction of sp³-hybridized carbons (Fsp3) is 0.276. The molecular weight excluding hydrogens is 514 g/mol. The minimum Gasteiger partial charge on any atom is -0.342 e. The van der Waals surface area contributed by atoms with Crippen LogP contribution in [-0.2, 0) is 11.3 Å². The Bertz CT molecular complexity index is 1600. The molecule has 0 spiro atoms. The van der Waals surface area contributed by atoms with E-state index in [2.05, 4.69) is 90.2 Å². The van der Waals surface area contributed by atoms with Crippen LogP contribution in [0.3, 0.4) is 0 Å². The monoisotopic (exact) mass is 539 g/mol. The van der Waals surface area contributed by atoms with Crippen molar-refractivity contribution in [2.45, 2.75) is 25.8 Å². The molecule has 0 bridgehead atoms. The van der Waals surface area contributed by atoms with E-state index in [0.29, 0.717) is 11.8 Å². The molecule has 7 rings (SSSR count). The van der Waals surface area contributed by atoms with Crippen molar-refractivity contribution in [1.82, 2.24) is 24.6 Å². The van der Waals surface area contributed by atoms with E-state index in [0.717, 1.165) is 87.8 Å². The van der Waals surface area contributed by atoms with Crippen LogP contribution in [0.2, 0.25) is 0 Å². The molecule has 1 atom stereocenters. The van der Waals surface area contributed by atoms with Crippen LogP contribution in [0.15, 0.2) is 71.3 Å². The van der Waals surface area contributed by atoms with E-state index in [9.17, 15) is 4.79 Å². The van der Waals surface area contributed by atoms with Gasteiger partial charge in [0.1, 0.15) is 5.82 Å². The normalized spacial score (nSPS) is 17.9. The fourth-order valence-electron chi connectivity index (χ4n) is 5.46. The van der Waals surface area contributed by atoms with Gasteiger partial charge in [-0.15, -0.1) is 0 Å². The number of aromatic amines is 1. The number of hydrogen-bond donors (Lipinski definition) is 1. The molecule has 1 aliphatic carbocycles.